The molecule has 2 N–H and O–H groups in total. The van der Waals surface area contributed by atoms with Gasteiger partial charge in [0, 0.05) is 17.3 Å². The van der Waals surface area contributed by atoms with Crippen molar-refractivity contribution in [2.75, 3.05) is 4.90 Å². The van der Waals surface area contributed by atoms with Crippen LogP contribution in [0.2, 0.25) is 0 Å². The molecule has 2 aromatic rings. The van der Waals surface area contributed by atoms with Crippen molar-refractivity contribution in [2.45, 2.75) is 65.5 Å². The summed E-state index contributed by atoms with van der Waals surface area (Å²) in [5.41, 5.74) is 7.52. The molecule has 0 saturated heterocycles. The highest BCUT2D eigenvalue weighted by Crippen LogP contribution is 2.45. The predicted octanol–water partition coefficient (Wildman–Crippen LogP) is 4.97. The van der Waals surface area contributed by atoms with Gasteiger partial charge in [0.25, 0.3) is 5.91 Å². The second kappa shape index (κ2) is 7.90. The summed E-state index contributed by atoms with van der Waals surface area (Å²) in [7, 11) is 0. The molecule has 0 aliphatic carbocycles. The highest BCUT2D eigenvalue weighted by molar-refractivity contribution is 5.97. The van der Waals surface area contributed by atoms with Crippen molar-refractivity contribution in [3.05, 3.63) is 58.7 Å². The SMILES string of the molecule is Cc1cc2c(cc1/C=N/NC(=O)c1ccccc1O)[C@H](C)CC(C)(C)N2C(C)C. The average molecular weight is 394 g/mol. The van der Waals surface area contributed by atoms with Gasteiger partial charge in [0.2, 0.25) is 0 Å². The number of aryl methyl sites for hydroxylation is 1. The third-order valence-electron chi connectivity index (χ3n) is 5.70. The second-order valence-corrected chi connectivity index (χ2v) is 8.87. The van der Waals surface area contributed by atoms with E-state index in [1.165, 1.54) is 17.3 Å². The molecule has 1 amide bonds. The molecule has 0 bridgehead atoms. The number of nitrogens with zero attached hydrogens (tertiary/aromatic N) is 2. The van der Waals surface area contributed by atoms with E-state index < -0.39 is 5.91 Å². The fraction of sp³-hybridized carbons (Fsp3) is 0.417. The Labute approximate surface area is 173 Å². The summed E-state index contributed by atoms with van der Waals surface area (Å²) >= 11 is 0. The van der Waals surface area contributed by atoms with E-state index in [9.17, 15) is 9.90 Å². The van der Waals surface area contributed by atoms with Gasteiger partial charge in [0.15, 0.2) is 0 Å². The molecule has 0 fully saturated rings. The molecule has 3 rings (SSSR count). The molecule has 0 unspecified atom stereocenters. The van der Waals surface area contributed by atoms with Crippen LogP contribution in [0.15, 0.2) is 41.5 Å². The van der Waals surface area contributed by atoms with Gasteiger partial charge in [-0.3, -0.25) is 4.79 Å². The number of nitrogens with one attached hydrogen (secondary N) is 1. The number of phenolic OH excluding ortho intramolecular Hbond substituents is 1. The number of benzene rings is 2. The van der Waals surface area contributed by atoms with Crippen molar-refractivity contribution in [1.82, 2.24) is 5.43 Å². The summed E-state index contributed by atoms with van der Waals surface area (Å²) in [5.74, 6) is -0.0509. The van der Waals surface area contributed by atoms with Crippen LogP contribution in [-0.4, -0.2) is 28.8 Å². The Kier molecular flexibility index (Phi) is 5.69. The number of amides is 1. The van der Waals surface area contributed by atoms with Crippen LogP contribution in [0.3, 0.4) is 0 Å². The maximum Gasteiger partial charge on any atom is 0.275 e. The zero-order chi connectivity index (χ0) is 21.3. The molecule has 154 valence electrons. The van der Waals surface area contributed by atoms with Gasteiger partial charge in [-0.15, -0.1) is 0 Å². The monoisotopic (exact) mass is 393 g/mol. The van der Waals surface area contributed by atoms with E-state index in [0.717, 1.165) is 17.5 Å². The van der Waals surface area contributed by atoms with Crippen LogP contribution in [0.1, 0.15) is 74.0 Å². The Hall–Kier alpha value is -2.82. The smallest absolute Gasteiger partial charge is 0.275 e. The maximum absolute atomic E-state index is 12.2. The van der Waals surface area contributed by atoms with Gasteiger partial charge in [-0.05, 0) is 87.9 Å². The highest BCUT2D eigenvalue weighted by atomic mass is 16.3. The number of hydrogen-bond acceptors (Lipinski definition) is 4. The first-order valence-corrected chi connectivity index (χ1v) is 10.2. The molecule has 0 saturated carbocycles. The van der Waals surface area contributed by atoms with E-state index in [0.29, 0.717) is 12.0 Å². The van der Waals surface area contributed by atoms with Crippen molar-refractivity contribution < 1.29 is 9.90 Å². The molecule has 0 spiro atoms. The van der Waals surface area contributed by atoms with Crippen molar-refractivity contribution in [1.29, 1.82) is 0 Å². The molecule has 0 aromatic heterocycles. The van der Waals surface area contributed by atoms with Crippen LogP contribution in [0.25, 0.3) is 0 Å². The van der Waals surface area contributed by atoms with E-state index in [1.807, 2.05) is 0 Å². The van der Waals surface area contributed by atoms with Crippen LogP contribution < -0.4 is 10.3 Å². The van der Waals surface area contributed by atoms with Crippen LogP contribution in [-0.2, 0) is 0 Å². The summed E-state index contributed by atoms with van der Waals surface area (Å²) < 4.78 is 0. The largest absolute Gasteiger partial charge is 0.507 e. The quantitative estimate of drug-likeness (QED) is 0.570. The lowest BCUT2D eigenvalue weighted by Gasteiger charge is -2.50. The van der Waals surface area contributed by atoms with E-state index in [2.05, 4.69) is 69.1 Å². The number of hydrazone groups is 1. The van der Waals surface area contributed by atoms with Crippen LogP contribution in [0, 0.1) is 6.92 Å². The number of carbonyl (C=O) groups is 1. The Bertz CT molecular complexity index is 947. The number of carbonyl (C=O) groups excluding carboxylic acids is 1. The topological polar surface area (TPSA) is 64.9 Å². The molecule has 1 aliphatic heterocycles. The fourth-order valence-corrected chi connectivity index (χ4v) is 4.62. The normalized spacial score (nSPS) is 18.2. The lowest BCUT2D eigenvalue weighted by molar-refractivity contribution is 0.0952. The third kappa shape index (κ3) is 4.14. The molecule has 1 aliphatic rings. The van der Waals surface area contributed by atoms with Gasteiger partial charge >= 0.3 is 0 Å². The summed E-state index contributed by atoms with van der Waals surface area (Å²) in [4.78, 5) is 14.7. The first kappa shape index (κ1) is 20.9. The molecule has 2 aromatic carbocycles. The lowest BCUT2D eigenvalue weighted by atomic mass is 9.78. The molecular formula is C24H31N3O2. The maximum atomic E-state index is 12.2. The third-order valence-corrected chi connectivity index (χ3v) is 5.70. The van der Waals surface area contributed by atoms with Gasteiger partial charge in [0.1, 0.15) is 5.75 Å². The number of phenols is 1. The van der Waals surface area contributed by atoms with Crippen molar-refractivity contribution in [3.8, 4) is 5.75 Å². The number of hydrogen-bond donors (Lipinski definition) is 2. The molecule has 1 atom stereocenters. The Morgan fingerprint density at radius 1 is 1.31 bits per heavy atom. The zero-order valence-electron chi connectivity index (χ0n) is 18.2. The number of fused-ring (bicyclic) bond motifs is 1. The standard InChI is InChI=1S/C24H31N3O2/c1-15(2)27-21-11-16(3)18(12-20(21)17(4)13-24(27,5)6)14-25-26-23(29)19-9-7-8-10-22(19)28/h7-12,14-15,17,28H,13H2,1-6H3,(H,26,29)/b25-14+/t17-/m1/s1. The van der Waals surface area contributed by atoms with Gasteiger partial charge in [0.05, 0.1) is 11.8 Å². The zero-order valence-corrected chi connectivity index (χ0v) is 18.2. The Morgan fingerprint density at radius 3 is 2.66 bits per heavy atom. The predicted molar refractivity (Wildman–Crippen MR) is 119 cm³/mol. The second-order valence-electron chi connectivity index (χ2n) is 8.87. The minimum Gasteiger partial charge on any atom is -0.507 e. The summed E-state index contributed by atoms with van der Waals surface area (Å²) in [6.45, 7) is 13.4. The van der Waals surface area contributed by atoms with E-state index in [-0.39, 0.29) is 16.9 Å². The van der Waals surface area contributed by atoms with Gasteiger partial charge < -0.3 is 10.0 Å². The van der Waals surface area contributed by atoms with Crippen LogP contribution in [0.5, 0.6) is 5.75 Å². The van der Waals surface area contributed by atoms with Crippen LogP contribution >= 0.6 is 0 Å². The van der Waals surface area contributed by atoms with Gasteiger partial charge in [-0.2, -0.15) is 5.10 Å². The molecule has 0 radical (unpaired) electrons. The van der Waals surface area contributed by atoms with Gasteiger partial charge in [-0.25, -0.2) is 5.43 Å². The number of aromatic hydroxyl groups is 1. The lowest BCUT2D eigenvalue weighted by Crippen LogP contribution is -2.51. The highest BCUT2D eigenvalue weighted by Gasteiger charge is 2.37. The molecule has 5 nitrogen and oxygen atoms in total. The number of anilines is 1. The minimum atomic E-state index is -0.434. The summed E-state index contributed by atoms with van der Waals surface area (Å²) in [5, 5.41) is 13.9. The summed E-state index contributed by atoms with van der Waals surface area (Å²) in [6, 6.07) is 11.3. The average Bonchev–Trinajstić information content (AvgIpc) is 2.61. The molecule has 29 heavy (non-hydrogen) atoms. The van der Waals surface area contributed by atoms with E-state index in [4.69, 9.17) is 0 Å². The van der Waals surface area contributed by atoms with Crippen LogP contribution in [0.4, 0.5) is 5.69 Å². The van der Waals surface area contributed by atoms with Crippen molar-refractivity contribution >= 4 is 17.8 Å². The van der Waals surface area contributed by atoms with E-state index >= 15 is 0 Å². The Morgan fingerprint density at radius 2 is 2.00 bits per heavy atom. The number of para-hydroxylation sites is 1. The minimum absolute atomic E-state index is 0.0598. The molecular weight excluding hydrogens is 362 g/mol. The first-order valence-electron chi connectivity index (χ1n) is 10.2. The van der Waals surface area contributed by atoms with E-state index in [1.54, 1.807) is 24.4 Å². The number of rotatable bonds is 4. The van der Waals surface area contributed by atoms with Crippen molar-refractivity contribution in [2.24, 2.45) is 5.10 Å². The Balaban J connectivity index is 1.87. The fourth-order valence-electron chi connectivity index (χ4n) is 4.62. The van der Waals surface area contributed by atoms with Crippen molar-refractivity contribution in [3.63, 3.8) is 0 Å². The molecule has 5 heteroatoms. The molecule has 1 heterocycles. The first-order chi connectivity index (χ1) is 13.6. The van der Waals surface area contributed by atoms with Gasteiger partial charge in [-0.1, -0.05) is 19.1 Å². The summed E-state index contributed by atoms with van der Waals surface area (Å²) in [6.07, 6.45) is 2.77.